The zero-order valence-electron chi connectivity index (χ0n) is 13.1. The molecule has 1 heterocycles. The number of halogens is 1. The molecule has 1 saturated heterocycles. The van der Waals surface area contributed by atoms with Crippen molar-refractivity contribution >= 4 is 28.3 Å². The maximum Gasteiger partial charge on any atom is 0.237 e. The van der Waals surface area contributed by atoms with Crippen LogP contribution < -0.4 is 11.1 Å². The largest absolute Gasteiger partial charge is 0.352 e. The third kappa shape index (κ3) is 6.10. The van der Waals surface area contributed by atoms with Crippen LogP contribution in [0.25, 0.3) is 0 Å². The van der Waals surface area contributed by atoms with Gasteiger partial charge in [-0.15, -0.1) is 12.4 Å². The first-order valence-corrected chi connectivity index (χ1v) is 9.26. The first-order chi connectivity index (χ1) is 10.4. The number of piperidine rings is 1. The standard InChI is InChI=1S/C15H23N3O3S.ClH/c1-22(20,21)18-9-7-13(8-10-18)17-15(19)14(16)11-12-5-3-2-4-6-12;/h2-6,13-14H,7-11,16H2,1H3,(H,17,19);1H. The predicted octanol–water partition coefficient (Wildman–Crippen LogP) is 0.518. The average Bonchev–Trinajstić information content (AvgIpc) is 2.48. The Morgan fingerprint density at radius 1 is 1.30 bits per heavy atom. The van der Waals surface area contributed by atoms with Crippen LogP contribution in [0, 0.1) is 0 Å². The molecule has 0 aromatic heterocycles. The third-order valence-corrected chi connectivity index (χ3v) is 5.21. The van der Waals surface area contributed by atoms with Gasteiger partial charge in [0, 0.05) is 19.1 Å². The lowest BCUT2D eigenvalue weighted by Crippen LogP contribution is -2.50. The van der Waals surface area contributed by atoms with Crippen molar-refractivity contribution in [3.63, 3.8) is 0 Å². The van der Waals surface area contributed by atoms with Gasteiger partial charge in [-0.3, -0.25) is 4.79 Å². The van der Waals surface area contributed by atoms with Crippen LogP contribution in [-0.2, 0) is 21.2 Å². The number of hydrogen-bond acceptors (Lipinski definition) is 4. The van der Waals surface area contributed by atoms with E-state index in [2.05, 4.69) is 5.32 Å². The summed E-state index contributed by atoms with van der Waals surface area (Å²) in [7, 11) is -3.14. The Bertz CT molecular complexity index is 602. The summed E-state index contributed by atoms with van der Waals surface area (Å²) >= 11 is 0. The van der Waals surface area contributed by atoms with Gasteiger partial charge in [0.15, 0.2) is 0 Å². The van der Waals surface area contributed by atoms with Crippen LogP contribution in [-0.4, -0.2) is 50.1 Å². The number of amides is 1. The maximum absolute atomic E-state index is 12.1. The normalized spacial score (nSPS) is 18.0. The number of sulfonamides is 1. The summed E-state index contributed by atoms with van der Waals surface area (Å²) < 4.78 is 24.3. The van der Waals surface area contributed by atoms with Crippen molar-refractivity contribution in [3.05, 3.63) is 35.9 Å². The number of rotatable bonds is 5. The van der Waals surface area contributed by atoms with Crippen molar-refractivity contribution in [2.45, 2.75) is 31.3 Å². The Balaban J connectivity index is 0.00000264. The smallest absolute Gasteiger partial charge is 0.237 e. The lowest BCUT2D eigenvalue weighted by atomic mass is 10.0. The van der Waals surface area contributed by atoms with E-state index in [-0.39, 0.29) is 24.4 Å². The van der Waals surface area contributed by atoms with Crippen molar-refractivity contribution < 1.29 is 13.2 Å². The van der Waals surface area contributed by atoms with Crippen LogP contribution in [0.5, 0.6) is 0 Å². The Morgan fingerprint density at radius 2 is 1.87 bits per heavy atom. The highest BCUT2D eigenvalue weighted by Gasteiger charge is 2.26. The monoisotopic (exact) mass is 361 g/mol. The molecule has 1 aliphatic rings. The van der Waals surface area contributed by atoms with Crippen molar-refractivity contribution in [2.75, 3.05) is 19.3 Å². The molecule has 1 aromatic carbocycles. The average molecular weight is 362 g/mol. The van der Waals surface area contributed by atoms with E-state index in [1.807, 2.05) is 30.3 Å². The highest BCUT2D eigenvalue weighted by molar-refractivity contribution is 7.88. The number of nitrogens with one attached hydrogen (secondary N) is 1. The molecule has 1 fully saturated rings. The van der Waals surface area contributed by atoms with E-state index in [1.165, 1.54) is 10.6 Å². The summed E-state index contributed by atoms with van der Waals surface area (Å²) in [5, 5.41) is 2.93. The Morgan fingerprint density at radius 3 is 2.39 bits per heavy atom. The van der Waals surface area contributed by atoms with Gasteiger partial charge >= 0.3 is 0 Å². The molecule has 0 radical (unpaired) electrons. The van der Waals surface area contributed by atoms with E-state index >= 15 is 0 Å². The second-order valence-corrected chi connectivity index (χ2v) is 7.72. The zero-order valence-corrected chi connectivity index (χ0v) is 14.8. The van der Waals surface area contributed by atoms with Crippen LogP contribution in [0.1, 0.15) is 18.4 Å². The van der Waals surface area contributed by atoms with E-state index in [0.717, 1.165) is 5.56 Å². The minimum absolute atomic E-state index is 0. The fourth-order valence-electron chi connectivity index (χ4n) is 2.60. The first kappa shape index (κ1) is 19.9. The van der Waals surface area contributed by atoms with E-state index in [0.29, 0.717) is 32.4 Å². The molecule has 0 spiro atoms. The topological polar surface area (TPSA) is 92.5 Å². The Hall–Kier alpha value is -1.15. The Kier molecular flexibility index (Phi) is 7.47. The summed E-state index contributed by atoms with van der Waals surface area (Å²) in [4.78, 5) is 12.1. The lowest BCUT2D eigenvalue weighted by Gasteiger charge is -2.31. The summed E-state index contributed by atoms with van der Waals surface area (Å²) in [6.45, 7) is 0.884. The third-order valence-electron chi connectivity index (χ3n) is 3.90. The Labute approximate surface area is 143 Å². The van der Waals surface area contributed by atoms with E-state index in [4.69, 9.17) is 5.73 Å². The summed E-state index contributed by atoms with van der Waals surface area (Å²) in [5.41, 5.74) is 6.97. The fraction of sp³-hybridized carbons (Fsp3) is 0.533. The molecule has 1 unspecified atom stereocenters. The lowest BCUT2D eigenvalue weighted by molar-refractivity contribution is -0.123. The van der Waals surface area contributed by atoms with E-state index < -0.39 is 16.1 Å². The molecule has 1 aromatic rings. The summed E-state index contributed by atoms with van der Waals surface area (Å²) in [5.74, 6) is -0.179. The summed E-state index contributed by atoms with van der Waals surface area (Å²) in [6, 6.07) is 9.05. The number of nitrogens with two attached hydrogens (primary N) is 1. The van der Waals surface area contributed by atoms with E-state index in [9.17, 15) is 13.2 Å². The van der Waals surface area contributed by atoms with Crippen LogP contribution in [0.15, 0.2) is 30.3 Å². The molecule has 0 bridgehead atoms. The van der Waals surface area contributed by atoms with Gasteiger partial charge in [-0.25, -0.2) is 12.7 Å². The number of carbonyl (C=O) groups excluding carboxylic acids is 1. The maximum atomic E-state index is 12.1. The van der Waals surface area contributed by atoms with E-state index in [1.54, 1.807) is 0 Å². The van der Waals surface area contributed by atoms with Gasteiger partial charge in [0.2, 0.25) is 15.9 Å². The molecule has 2 rings (SSSR count). The molecule has 23 heavy (non-hydrogen) atoms. The molecule has 1 amide bonds. The molecule has 1 atom stereocenters. The second kappa shape index (κ2) is 8.63. The molecular formula is C15H24ClN3O3S. The SMILES string of the molecule is CS(=O)(=O)N1CCC(NC(=O)C(N)Cc2ccccc2)CC1.Cl. The minimum Gasteiger partial charge on any atom is -0.352 e. The first-order valence-electron chi connectivity index (χ1n) is 7.41. The second-order valence-electron chi connectivity index (χ2n) is 5.74. The van der Waals surface area contributed by atoms with Gasteiger partial charge in [0.1, 0.15) is 0 Å². The fourth-order valence-corrected chi connectivity index (χ4v) is 3.47. The molecule has 0 aliphatic carbocycles. The molecule has 0 saturated carbocycles. The van der Waals surface area contributed by atoms with Crippen LogP contribution in [0.3, 0.4) is 0 Å². The summed E-state index contributed by atoms with van der Waals surface area (Å²) in [6.07, 6.45) is 2.95. The molecule has 8 heteroatoms. The number of hydrogen-bond donors (Lipinski definition) is 2. The van der Waals surface area contributed by atoms with Crippen molar-refractivity contribution in [3.8, 4) is 0 Å². The van der Waals surface area contributed by atoms with Crippen molar-refractivity contribution in [1.29, 1.82) is 0 Å². The molecule has 1 aliphatic heterocycles. The quantitative estimate of drug-likeness (QED) is 0.799. The van der Waals surface area contributed by atoms with Gasteiger partial charge in [0.25, 0.3) is 0 Å². The minimum atomic E-state index is -3.14. The van der Waals surface area contributed by atoms with Crippen LogP contribution in [0.4, 0.5) is 0 Å². The van der Waals surface area contributed by atoms with Gasteiger partial charge in [-0.05, 0) is 24.8 Å². The zero-order chi connectivity index (χ0) is 16.2. The van der Waals surface area contributed by atoms with Gasteiger partial charge in [0.05, 0.1) is 12.3 Å². The van der Waals surface area contributed by atoms with Crippen LogP contribution in [0.2, 0.25) is 0 Å². The highest BCUT2D eigenvalue weighted by atomic mass is 35.5. The molecule has 3 N–H and O–H groups in total. The molecule has 130 valence electrons. The van der Waals surface area contributed by atoms with Crippen LogP contribution >= 0.6 is 12.4 Å². The van der Waals surface area contributed by atoms with Crippen molar-refractivity contribution in [2.24, 2.45) is 5.73 Å². The highest BCUT2D eigenvalue weighted by Crippen LogP contribution is 2.13. The molecule has 6 nitrogen and oxygen atoms in total. The molecular weight excluding hydrogens is 338 g/mol. The van der Waals surface area contributed by atoms with Gasteiger partial charge in [-0.2, -0.15) is 0 Å². The van der Waals surface area contributed by atoms with Gasteiger partial charge < -0.3 is 11.1 Å². The van der Waals surface area contributed by atoms with Gasteiger partial charge in [-0.1, -0.05) is 30.3 Å². The number of carbonyl (C=O) groups is 1. The number of benzene rings is 1. The number of nitrogens with zero attached hydrogens (tertiary/aromatic N) is 1. The van der Waals surface area contributed by atoms with Crippen molar-refractivity contribution in [1.82, 2.24) is 9.62 Å². The predicted molar refractivity (Wildman–Crippen MR) is 93.0 cm³/mol.